The van der Waals surface area contributed by atoms with Crippen LogP contribution in [0, 0.1) is 12.7 Å². The molecule has 0 aliphatic carbocycles. The largest absolute Gasteiger partial charge is 0.480 e. The third-order valence-corrected chi connectivity index (χ3v) is 7.45. The first-order valence-electron chi connectivity index (χ1n) is 9.88. The van der Waals surface area contributed by atoms with Gasteiger partial charge in [0.2, 0.25) is 0 Å². The predicted octanol–water partition coefficient (Wildman–Crippen LogP) is 4.33. The molecule has 1 aromatic heterocycles. The van der Waals surface area contributed by atoms with Crippen molar-refractivity contribution in [3.8, 4) is 5.75 Å². The van der Waals surface area contributed by atoms with Crippen LogP contribution in [0.2, 0.25) is 0 Å². The first-order valence-corrected chi connectivity index (χ1v) is 11.7. The molecule has 0 amide bonds. The van der Waals surface area contributed by atoms with Gasteiger partial charge in [-0.25, -0.2) is 27.3 Å². The fourth-order valence-corrected chi connectivity index (χ4v) is 4.81. The Hall–Kier alpha value is -2.92. The molecule has 0 spiro atoms. The average molecular weight is 466 g/mol. The molecule has 1 aliphatic rings. The van der Waals surface area contributed by atoms with Crippen LogP contribution in [0.5, 0.6) is 5.75 Å². The van der Waals surface area contributed by atoms with Crippen molar-refractivity contribution in [2.45, 2.75) is 25.9 Å². The third kappa shape index (κ3) is 4.63. The predicted molar refractivity (Wildman–Crippen MR) is 116 cm³/mol. The Bertz CT molecular complexity index is 1270. The summed E-state index contributed by atoms with van der Waals surface area (Å²) >= 11 is 0. The van der Waals surface area contributed by atoms with E-state index in [1.165, 1.54) is 12.4 Å². The quantitative estimate of drug-likeness (QED) is 0.538. The number of fused-ring (bicyclic) bond motifs is 1. The van der Waals surface area contributed by atoms with Crippen molar-refractivity contribution >= 4 is 37.8 Å². The van der Waals surface area contributed by atoms with Gasteiger partial charge in [-0.15, -0.1) is 0 Å². The number of halogens is 3. The molecule has 2 heterocycles. The number of aliphatic hydroxyl groups excluding tert-OH is 1. The molecule has 1 aliphatic heterocycles. The molecule has 1 atom stereocenters. The zero-order chi connectivity index (χ0) is 22.9. The van der Waals surface area contributed by atoms with Gasteiger partial charge in [0.05, 0.1) is 33.2 Å². The number of nitrogens with one attached hydrogen (secondary N) is 1. The van der Waals surface area contributed by atoms with E-state index >= 15 is 0 Å². The van der Waals surface area contributed by atoms with Gasteiger partial charge in [0.25, 0.3) is 6.43 Å². The molecule has 11 heteroatoms. The van der Waals surface area contributed by atoms with E-state index in [4.69, 9.17) is 9.84 Å². The molecule has 2 aromatic carbocycles. The van der Waals surface area contributed by atoms with Crippen LogP contribution in [0.1, 0.15) is 12.0 Å². The SMILES string of the molecule is Cc1cc(N=S2(=O)CCC2)cc2ncnc(Nc3ccc(F)cc3O[C@H](CO)C(F)F)c12. The Kier molecular flexibility index (Phi) is 6.20. The summed E-state index contributed by atoms with van der Waals surface area (Å²) in [5.41, 5.74) is 2.07. The minimum Gasteiger partial charge on any atom is -0.480 e. The van der Waals surface area contributed by atoms with Gasteiger partial charge in [-0.3, -0.25) is 0 Å². The van der Waals surface area contributed by atoms with Crippen molar-refractivity contribution in [2.75, 3.05) is 23.4 Å². The van der Waals surface area contributed by atoms with Crippen LogP contribution in [0.3, 0.4) is 0 Å². The maximum absolute atomic E-state index is 13.8. The van der Waals surface area contributed by atoms with Crippen LogP contribution in [0.15, 0.2) is 41.0 Å². The standard InChI is InChI=1S/C21H21F3N4O3S/c1-12-7-14(28-32(30)5-2-6-32)9-16-19(12)21(26-11-25-16)27-15-4-3-13(22)8-17(15)31-18(10-29)20(23)24/h3-4,7-9,11,18,20,29H,2,5-6,10H2,1H3,(H,25,26,27)/t18-/m1/s1. The molecule has 32 heavy (non-hydrogen) atoms. The molecular formula is C21H21F3N4O3S. The third-order valence-electron chi connectivity index (χ3n) is 5.05. The molecule has 2 N–H and O–H groups in total. The smallest absolute Gasteiger partial charge is 0.277 e. The molecule has 0 saturated carbocycles. The Morgan fingerprint density at radius 1 is 1.25 bits per heavy atom. The van der Waals surface area contributed by atoms with Gasteiger partial charge in [-0.05, 0) is 43.2 Å². The van der Waals surface area contributed by atoms with Gasteiger partial charge in [0.15, 0.2) is 6.10 Å². The Morgan fingerprint density at radius 3 is 2.69 bits per heavy atom. The highest BCUT2D eigenvalue weighted by atomic mass is 32.2. The van der Waals surface area contributed by atoms with Gasteiger partial charge in [-0.2, -0.15) is 4.36 Å². The lowest BCUT2D eigenvalue weighted by Gasteiger charge is -2.20. The second-order valence-corrected chi connectivity index (χ2v) is 9.99. The van der Waals surface area contributed by atoms with Gasteiger partial charge >= 0.3 is 0 Å². The van der Waals surface area contributed by atoms with Crippen LogP contribution >= 0.6 is 0 Å². The van der Waals surface area contributed by atoms with Crippen molar-refractivity contribution in [1.29, 1.82) is 0 Å². The number of rotatable bonds is 7. The summed E-state index contributed by atoms with van der Waals surface area (Å²) < 4.78 is 61.8. The normalized spacial score (nSPS) is 15.9. The summed E-state index contributed by atoms with van der Waals surface area (Å²) in [6.45, 7) is 0.892. The Morgan fingerprint density at radius 2 is 2.03 bits per heavy atom. The number of alkyl halides is 2. The van der Waals surface area contributed by atoms with Gasteiger partial charge < -0.3 is 15.2 Å². The Balaban J connectivity index is 1.72. The first kappa shape index (κ1) is 22.3. The number of hydrogen-bond acceptors (Lipinski definition) is 7. The van der Waals surface area contributed by atoms with Gasteiger partial charge in [0.1, 0.15) is 23.7 Å². The number of aryl methyl sites for hydroxylation is 1. The van der Waals surface area contributed by atoms with E-state index < -0.39 is 34.7 Å². The molecule has 4 rings (SSSR count). The first-order chi connectivity index (χ1) is 15.3. The monoisotopic (exact) mass is 466 g/mol. The van der Waals surface area contributed by atoms with E-state index in [-0.39, 0.29) is 11.4 Å². The lowest BCUT2D eigenvalue weighted by atomic mass is 10.1. The van der Waals surface area contributed by atoms with E-state index in [0.29, 0.717) is 33.9 Å². The maximum Gasteiger partial charge on any atom is 0.277 e. The Labute approximate surface area is 182 Å². The number of aromatic nitrogens is 2. The summed E-state index contributed by atoms with van der Waals surface area (Å²) in [6.07, 6.45) is -2.55. The number of hydrogen-bond donors (Lipinski definition) is 2. The highest BCUT2D eigenvalue weighted by molar-refractivity contribution is 7.95. The van der Waals surface area contributed by atoms with E-state index in [1.54, 1.807) is 12.1 Å². The van der Waals surface area contributed by atoms with Crippen LogP contribution in [-0.2, 0) is 9.73 Å². The maximum atomic E-state index is 13.8. The van der Waals surface area contributed by atoms with Crippen molar-refractivity contribution in [2.24, 2.45) is 4.36 Å². The molecule has 1 saturated heterocycles. The minimum absolute atomic E-state index is 0.191. The number of benzene rings is 2. The average Bonchev–Trinajstić information content (AvgIpc) is 2.72. The van der Waals surface area contributed by atoms with Crippen molar-refractivity contribution < 1.29 is 27.2 Å². The summed E-state index contributed by atoms with van der Waals surface area (Å²) in [7, 11) is -2.18. The van der Waals surface area contributed by atoms with E-state index in [0.717, 1.165) is 24.1 Å². The van der Waals surface area contributed by atoms with Crippen molar-refractivity contribution in [3.63, 3.8) is 0 Å². The second kappa shape index (κ2) is 8.91. The van der Waals surface area contributed by atoms with E-state index in [9.17, 15) is 17.4 Å². The molecule has 0 radical (unpaired) electrons. The molecule has 0 bridgehead atoms. The lowest BCUT2D eigenvalue weighted by Crippen LogP contribution is -2.29. The van der Waals surface area contributed by atoms with Crippen LogP contribution in [-0.4, -0.2) is 49.9 Å². The topological polar surface area (TPSA) is 96.7 Å². The van der Waals surface area contributed by atoms with Crippen LogP contribution in [0.4, 0.5) is 30.4 Å². The fourth-order valence-electron chi connectivity index (χ4n) is 3.35. The van der Waals surface area contributed by atoms with Gasteiger partial charge in [0, 0.05) is 23.0 Å². The summed E-state index contributed by atoms with van der Waals surface area (Å²) in [5.74, 6) is 0.642. The molecule has 0 unspecified atom stereocenters. The minimum atomic E-state index is -2.96. The van der Waals surface area contributed by atoms with Crippen molar-refractivity contribution in [1.82, 2.24) is 9.97 Å². The summed E-state index contributed by atoms with van der Waals surface area (Å²) in [6, 6.07) is 6.92. The summed E-state index contributed by atoms with van der Waals surface area (Å²) in [5, 5.41) is 12.8. The molecule has 1 fully saturated rings. The second-order valence-electron chi connectivity index (χ2n) is 7.44. The number of aliphatic hydroxyl groups is 1. The zero-order valence-corrected chi connectivity index (χ0v) is 17.9. The van der Waals surface area contributed by atoms with E-state index in [1.807, 2.05) is 6.92 Å². The van der Waals surface area contributed by atoms with Gasteiger partial charge in [-0.1, -0.05) is 0 Å². The highest BCUT2D eigenvalue weighted by Crippen LogP contribution is 2.35. The lowest BCUT2D eigenvalue weighted by molar-refractivity contribution is -0.0184. The molecular weight excluding hydrogens is 445 g/mol. The van der Waals surface area contributed by atoms with Crippen molar-refractivity contribution in [3.05, 3.63) is 48.0 Å². The fraction of sp³-hybridized carbons (Fsp3) is 0.333. The van der Waals surface area contributed by atoms with Crippen LogP contribution in [0.25, 0.3) is 10.9 Å². The highest BCUT2D eigenvalue weighted by Gasteiger charge is 2.23. The number of ether oxygens (including phenoxy) is 1. The zero-order valence-electron chi connectivity index (χ0n) is 17.1. The van der Waals surface area contributed by atoms with E-state index in [2.05, 4.69) is 19.6 Å². The molecule has 170 valence electrons. The van der Waals surface area contributed by atoms with Crippen LogP contribution < -0.4 is 10.1 Å². The number of anilines is 2. The molecule has 7 nitrogen and oxygen atoms in total. The summed E-state index contributed by atoms with van der Waals surface area (Å²) in [4.78, 5) is 8.51. The number of nitrogens with zero attached hydrogens (tertiary/aromatic N) is 3. The molecule has 3 aromatic rings.